The van der Waals surface area contributed by atoms with E-state index in [1.165, 1.54) is 4.31 Å². The molecule has 3 rings (SSSR count). The van der Waals surface area contributed by atoms with E-state index in [0.29, 0.717) is 36.6 Å². The summed E-state index contributed by atoms with van der Waals surface area (Å²) < 4.78 is 27.6. The number of amides is 1. The minimum Gasteiger partial charge on any atom is -0.336 e. The fraction of sp³-hybridized carbons (Fsp3) is 0.235. The summed E-state index contributed by atoms with van der Waals surface area (Å²) in [6, 6.07) is 15.8. The molecule has 1 heterocycles. The minimum atomic E-state index is -3.49. The highest BCUT2D eigenvalue weighted by Crippen LogP contribution is 2.18. The molecule has 1 saturated heterocycles. The van der Waals surface area contributed by atoms with E-state index in [2.05, 4.69) is 22.6 Å². The van der Waals surface area contributed by atoms with E-state index in [-0.39, 0.29) is 5.91 Å². The molecule has 0 atom stereocenters. The van der Waals surface area contributed by atoms with Crippen molar-refractivity contribution in [1.82, 2.24) is 9.21 Å². The lowest BCUT2D eigenvalue weighted by atomic mass is 10.2. The first-order valence-corrected chi connectivity index (χ1v) is 10.1. The van der Waals surface area contributed by atoms with E-state index in [4.69, 9.17) is 0 Å². The largest absolute Gasteiger partial charge is 0.336 e. The summed E-state index contributed by atoms with van der Waals surface area (Å²) >= 11 is 2.17. The van der Waals surface area contributed by atoms with E-state index in [0.717, 1.165) is 3.57 Å². The predicted molar refractivity (Wildman–Crippen MR) is 100 cm³/mol. The van der Waals surface area contributed by atoms with Crippen molar-refractivity contribution < 1.29 is 13.2 Å². The van der Waals surface area contributed by atoms with Crippen LogP contribution in [0.15, 0.2) is 59.5 Å². The van der Waals surface area contributed by atoms with Gasteiger partial charge in [-0.3, -0.25) is 4.79 Å². The van der Waals surface area contributed by atoms with Crippen LogP contribution in [0, 0.1) is 3.57 Å². The summed E-state index contributed by atoms with van der Waals surface area (Å²) in [6.45, 7) is 1.42. The van der Waals surface area contributed by atoms with Crippen LogP contribution < -0.4 is 0 Å². The number of carbonyl (C=O) groups is 1. The van der Waals surface area contributed by atoms with Crippen LogP contribution in [0.2, 0.25) is 0 Å². The SMILES string of the molecule is O=C(c1cccc(I)c1)N1CCN(S(=O)(=O)c2ccccc2)CC1. The smallest absolute Gasteiger partial charge is 0.253 e. The summed E-state index contributed by atoms with van der Waals surface area (Å²) in [4.78, 5) is 14.5. The van der Waals surface area contributed by atoms with Gasteiger partial charge in [0.1, 0.15) is 0 Å². The van der Waals surface area contributed by atoms with Crippen molar-refractivity contribution in [3.05, 3.63) is 63.7 Å². The Labute approximate surface area is 155 Å². The number of hydrogen-bond acceptors (Lipinski definition) is 3. The molecule has 2 aromatic carbocycles. The molecule has 1 amide bonds. The van der Waals surface area contributed by atoms with Gasteiger partial charge >= 0.3 is 0 Å². The van der Waals surface area contributed by atoms with Crippen LogP contribution >= 0.6 is 22.6 Å². The Kier molecular flexibility index (Phi) is 5.21. The summed E-state index contributed by atoms with van der Waals surface area (Å²) in [5.41, 5.74) is 0.640. The molecule has 5 nitrogen and oxygen atoms in total. The molecular weight excluding hydrogens is 439 g/mol. The number of nitrogens with zero attached hydrogens (tertiary/aromatic N) is 2. The Morgan fingerprint density at radius 3 is 2.21 bits per heavy atom. The Balaban J connectivity index is 1.69. The number of benzene rings is 2. The third kappa shape index (κ3) is 3.62. The van der Waals surface area contributed by atoms with Gasteiger partial charge in [-0.15, -0.1) is 0 Å². The maximum absolute atomic E-state index is 12.6. The van der Waals surface area contributed by atoms with Crippen LogP contribution in [0.5, 0.6) is 0 Å². The number of halogens is 1. The van der Waals surface area contributed by atoms with Crippen LogP contribution in [-0.4, -0.2) is 49.7 Å². The van der Waals surface area contributed by atoms with Crippen molar-refractivity contribution in [2.75, 3.05) is 26.2 Å². The quantitative estimate of drug-likeness (QED) is 0.667. The highest BCUT2D eigenvalue weighted by molar-refractivity contribution is 14.1. The lowest BCUT2D eigenvalue weighted by Crippen LogP contribution is -2.50. The number of carbonyl (C=O) groups excluding carboxylic acids is 1. The third-order valence-corrected chi connectivity index (χ3v) is 6.56. The Morgan fingerprint density at radius 2 is 1.58 bits per heavy atom. The van der Waals surface area contributed by atoms with Gasteiger partial charge < -0.3 is 4.90 Å². The Hall–Kier alpha value is -1.45. The molecule has 1 aliphatic heterocycles. The van der Waals surface area contributed by atoms with Gasteiger partial charge in [0.2, 0.25) is 10.0 Å². The molecule has 0 aliphatic carbocycles. The molecule has 126 valence electrons. The van der Waals surface area contributed by atoms with Crippen molar-refractivity contribution >= 4 is 38.5 Å². The number of sulfonamides is 1. The fourth-order valence-corrected chi connectivity index (χ4v) is 4.66. The topological polar surface area (TPSA) is 57.7 Å². The zero-order chi connectivity index (χ0) is 17.2. The maximum atomic E-state index is 12.6. The van der Waals surface area contributed by atoms with Gasteiger partial charge in [0, 0.05) is 35.3 Å². The van der Waals surface area contributed by atoms with Gasteiger partial charge in [0.15, 0.2) is 0 Å². The molecule has 24 heavy (non-hydrogen) atoms. The molecule has 0 spiro atoms. The predicted octanol–water partition coefficient (Wildman–Crippen LogP) is 2.44. The van der Waals surface area contributed by atoms with Gasteiger partial charge in [-0.2, -0.15) is 4.31 Å². The highest BCUT2D eigenvalue weighted by atomic mass is 127. The van der Waals surface area contributed by atoms with Gasteiger partial charge in [-0.25, -0.2) is 8.42 Å². The highest BCUT2D eigenvalue weighted by Gasteiger charge is 2.30. The summed E-state index contributed by atoms with van der Waals surface area (Å²) in [7, 11) is -3.49. The molecule has 0 saturated carbocycles. The second-order valence-corrected chi connectivity index (χ2v) is 8.70. The molecular formula is C17H17IN2O3S. The zero-order valence-corrected chi connectivity index (χ0v) is 15.9. The van der Waals surface area contributed by atoms with E-state index in [1.54, 1.807) is 41.3 Å². The van der Waals surface area contributed by atoms with Crippen molar-refractivity contribution in [1.29, 1.82) is 0 Å². The molecule has 0 aromatic heterocycles. The first-order chi connectivity index (χ1) is 11.5. The fourth-order valence-electron chi connectivity index (χ4n) is 2.68. The lowest BCUT2D eigenvalue weighted by Gasteiger charge is -2.34. The molecule has 2 aromatic rings. The van der Waals surface area contributed by atoms with Crippen LogP contribution in [0.3, 0.4) is 0 Å². The van der Waals surface area contributed by atoms with Gasteiger partial charge in [-0.1, -0.05) is 24.3 Å². The minimum absolute atomic E-state index is 0.0507. The summed E-state index contributed by atoms with van der Waals surface area (Å²) in [5.74, 6) is -0.0507. The molecule has 1 fully saturated rings. The molecule has 7 heteroatoms. The van der Waals surface area contributed by atoms with Crippen LogP contribution in [-0.2, 0) is 10.0 Å². The van der Waals surface area contributed by atoms with E-state index >= 15 is 0 Å². The second kappa shape index (κ2) is 7.20. The molecule has 1 aliphatic rings. The maximum Gasteiger partial charge on any atom is 0.253 e. The standard InChI is InChI=1S/C17H17IN2O3S/c18-15-6-4-5-14(13-15)17(21)19-9-11-20(12-10-19)24(22,23)16-7-2-1-3-8-16/h1-8,13H,9-12H2. The van der Waals surface area contributed by atoms with Gasteiger partial charge in [0.05, 0.1) is 4.90 Å². The van der Waals surface area contributed by atoms with Crippen molar-refractivity contribution in [2.45, 2.75) is 4.90 Å². The Bertz CT molecular complexity index is 832. The first-order valence-electron chi connectivity index (χ1n) is 7.58. The average Bonchev–Trinajstić information content (AvgIpc) is 2.62. The average molecular weight is 456 g/mol. The van der Waals surface area contributed by atoms with Crippen LogP contribution in [0.4, 0.5) is 0 Å². The Morgan fingerprint density at radius 1 is 0.917 bits per heavy atom. The first kappa shape index (κ1) is 17.4. The van der Waals surface area contributed by atoms with E-state index in [9.17, 15) is 13.2 Å². The second-order valence-electron chi connectivity index (χ2n) is 5.52. The van der Waals surface area contributed by atoms with E-state index in [1.807, 2.05) is 18.2 Å². The normalized spacial score (nSPS) is 16.1. The lowest BCUT2D eigenvalue weighted by molar-refractivity contribution is 0.0698. The number of piperazine rings is 1. The molecule has 0 bridgehead atoms. The summed E-state index contributed by atoms with van der Waals surface area (Å²) in [6.07, 6.45) is 0. The van der Waals surface area contributed by atoms with Crippen LogP contribution in [0.25, 0.3) is 0 Å². The number of rotatable bonds is 3. The molecule has 0 N–H and O–H groups in total. The van der Waals surface area contributed by atoms with Crippen molar-refractivity contribution in [3.63, 3.8) is 0 Å². The number of hydrogen-bond donors (Lipinski definition) is 0. The third-order valence-electron chi connectivity index (χ3n) is 3.98. The monoisotopic (exact) mass is 456 g/mol. The molecule has 0 radical (unpaired) electrons. The van der Waals surface area contributed by atoms with E-state index < -0.39 is 10.0 Å². The van der Waals surface area contributed by atoms with Crippen molar-refractivity contribution in [3.8, 4) is 0 Å². The summed E-state index contributed by atoms with van der Waals surface area (Å²) in [5, 5.41) is 0. The van der Waals surface area contributed by atoms with Gasteiger partial charge in [-0.05, 0) is 52.9 Å². The van der Waals surface area contributed by atoms with Crippen molar-refractivity contribution in [2.24, 2.45) is 0 Å². The van der Waals surface area contributed by atoms with Gasteiger partial charge in [0.25, 0.3) is 5.91 Å². The molecule has 0 unspecified atom stereocenters. The zero-order valence-electron chi connectivity index (χ0n) is 12.9. The van der Waals surface area contributed by atoms with Crippen LogP contribution in [0.1, 0.15) is 10.4 Å².